The number of aromatic hydroxyl groups is 4. The molecular weight excluding hydrogens is 552 g/mol. The highest BCUT2D eigenvalue weighted by atomic mass is 16.3. The number of fused-ring (bicyclic) bond motifs is 10. The number of rotatable bonds is 0. The summed E-state index contributed by atoms with van der Waals surface area (Å²) in [7, 11) is 0. The van der Waals surface area contributed by atoms with Crippen LogP contribution in [0, 0.1) is 37.5 Å². The topological polar surface area (TPSA) is 224 Å². The number of aryl methyl sites for hydroxylation is 2. The van der Waals surface area contributed by atoms with Crippen LogP contribution in [0.4, 0.5) is 0 Å². The van der Waals surface area contributed by atoms with Crippen molar-refractivity contribution in [3.8, 4) is 23.0 Å². The van der Waals surface area contributed by atoms with Crippen molar-refractivity contribution in [1.82, 2.24) is 0 Å². The highest BCUT2D eigenvalue weighted by molar-refractivity contribution is 6.42. The second kappa shape index (κ2) is 7.87. The van der Waals surface area contributed by atoms with E-state index in [0.717, 1.165) is 12.1 Å². The SMILES string of the molecule is Cc1cc(O)c2c(c1O)C(=O)C1=C(C2=O)C(=O)C2C(O)C1C1C3=C(C(=O)c4c(O)cc(C)c(O)c4C3=O)C(=O)C2C1O. The number of hydrogen-bond acceptors (Lipinski definition) is 12. The summed E-state index contributed by atoms with van der Waals surface area (Å²) < 4.78 is 0. The monoisotopic (exact) mass is 572 g/mol. The summed E-state index contributed by atoms with van der Waals surface area (Å²) in [6.45, 7) is 2.70. The summed E-state index contributed by atoms with van der Waals surface area (Å²) >= 11 is 0. The van der Waals surface area contributed by atoms with Crippen LogP contribution in [0.25, 0.3) is 0 Å². The Kier molecular flexibility index (Phi) is 4.87. The van der Waals surface area contributed by atoms with Gasteiger partial charge in [-0.2, -0.15) is 0 Å². The van der Waals surface area contributed by atoms with Gasteiger partial charge in [-0.05, 0) is 37.1 Å². The molecule has 5 aliphatic rings. The Bertz CT molecular complexity index is 1770. The maximum atomic E-state index is 14.0. The van der Waals surface area contributed by atoms with Crippen LogP contribution >= 0.6 is 0 Å². The Morgan fingerprint density at radius 3 is 1.17 bits per heavy atom. The molecule has 0 aromatic heterocycles. The lowest BCUT2D eigenvalue weighted by Gasteiger charge is -2.54. The second-order valence-electron chi connectivity index (χ2n) is 11.3. The van der Waals surface area contributed by atoms with Crippen molar-refractivity contribution in [2.24, 2.45) is 23.7 Å². The number of carbonyl (C=O) groups is 6. The van der Waals surface area contributed by atoms with E-state index in [-0.39, 0.29) is 11.1 Å². The molecular formula is C30H20O12. The first kappa shape index (κ1) is 26.0. The van der Waals surface area contributed by atoms with Gasteiger partial charge < -0.3 is 30.6 Å². The fourth-order valence-electron chi connectivity index (χ4n) is 7.56. The van der Waals surface area contributed by atoms with E-state index < -0.39 is 138 Å². The standard InChI is InChI=1S/C30H20O12/c1-5-3-7(31)9-15(21(5)33)27(39)13-11-12-14-18(24(36)10-8(32)4-6(2)22(34)16(10)28(14)40)30(42)20(26(12)38)19(25(11)37)29(41)17(13)23(9)35/h3-4,11-12,19-20,25-26,31-34,37-38H,1-2H3. The van der Waals surface area contributed by atoms with E-state index in [2.05, 4.69) is 0 Å². The minimum Gasteiger partial charge on any atom is -0.507 e. The molecule has 0 spiro atoms. The number of hydrogen-bond donors (Lipinski definition) is 6. The summed E-state index contributed by atoms with van der Waals surface area (Å²) in [6, 6.07) is 2.06. The maximum Gasteiger partial charge on any atom is 0.201 e. The fraction of sp³-hybridized carbons (Fsp3) is 0.267. The van der Waals surface area contributed by atoms with Crippen LogP contribution < -0.4 is 0 Å². The number of phenolic OH excluding ortho intramolecular Hbond substituents is 4. The van der Waals surface area contributed by atoms with E-state index in [0.29, 0.717) is 0 Å². The first-order chi connectivity index (χ1) is 19.7. The highest BCUT2D eigenvalue weighted by Crippen LogP contribution is 2.58. The van der Waals surface area contributed by atoms with E-state index in [9.17, 15) is 59.4 Å². The molecule has 212 valence electrons. The molecule has 7 rings (SSSR count). The number of phenols is 4. The number of carbonyl (C=O) groups excluding carboxylic acids is 6. The minimum atomic E-state index is -1.88. The highest BCUT2D eigenvalue weighted by Gasteiger charge is 2.67. The zero-order valence-electron chi connectivity index (χ0n) is 21.8. The molecule has 5 aliphatic carbocycles. The fourth-order valence-corrected chi connectivity index (χ4v) is 7.56. The van der Waals surface area contributed by atoms with Gasteiger partial charge in [0.25, 0.3) is 0 Å². The van der Waals surface area contributed by atoms with E-state index in [1.807, 2.05) is 0 Å². The molecule has 0 saturated heterocycles. The van der Waals surface area contributed by atoms with Crippen LogP contribution in [0.5, 0.6) is 23.0 Å². The normalized spacial score (nSPS) is 29.4. The molecule has 6 N–H and O–H groups in total. The third-order valence-corrected chi connectivity index (χ3v) is 9.34. The van der Waals surface area contributed by atoms with Gasteiger partial charge in [-0.1, -0.05) is 0 Å². The number of ketones is 6. The smallest absolute Gasteiger partial charge is 0.201 e. The Morgan fingerprint density at radius 2 is 0.833 bits per heavy atom. The summed E-state index contributed by atoms with van der Waals surface area (Å²) in [4.78, 5) is 82.9. The molecule has 42 heavy (non-hydrogen) atoms. The first-order valence-corrected chi connectivity index (χ1v) is 12.9. The van der Waals surface area contributed by atoms with E-state index in [1.54, 1.807) is 0 Å². The Balaban J connectivity index is 1.53. The van der Waals surface area contributed by atoms with Gasteiger partial charge in [0.05, 0.1) is 57.4 Å². The summed E-state index contributed by atoms with van der Waals surface area (Å²) in [6.07, 6.45) is -3.76. The third kappa shape index (κ3) is 2.69. The largest absolute Gasteiger partial charge is 0.507 e. The molecule has 0 amide bonds. The van der Waals surface area contributed by atoms with Crippen molar-refractivity contribution in [2.75, 3.05) is 0 Å². The van der Waals surface area contributed by atoms with Gasteiger partial charge in [-0.25, -0.2) is 0 Å². The molecule has 0 heterocycles. The Labute approximate surface area is 234 Å². The van der Waals surface area contributed by atoms with Gasteiger partial charge in [0, 0.05) is 23.0 Å². The predicted octanol–water partition coefficient (Wildman–Crippen LogP) is 0.543. The number of aliphatic hydroxyl groups excluding tert-OH is 2. The van der Waals surface area contributed by atoms with Gasteiger partial charge in [-0.3, -0.25) is 28.8 Å². The van der Waals surface area contributed by atoms with E-state index in [4.69, 9.17) is 0 Å². The van der Waals surface area contributed by atoms with Gasteiger partial charge in [0.1, 0.15) is 23.0 Å². The van der Waals surface area contributed by atoms with Crippen molar-refractivity contribution < 1.29 is 59.4 Å². The van der Waals surface area contributed by atoms with E-state index in [1.165, 1.54) is 13.8 Å². The van der Waals surface area contributed by atoms with Crippen molar-refractivity contribution in [1.29, 1.82) is 0 Å². The van der Waals surface area contributed by atoms with Crippen molar-refractivity contribution in [3.05, 3.63) is 67.8 Å². The van der Waals surface area contributed by atoms with Crippen LogP contribution in [-0.2, 0) is 9.59 Å². The zero-order chi connectivity index (χ0) is 30.4. The van der Waals surface area contributed by atoms with Crippen LogP contribution in [0.1, 0.15) is 52.6 Å². The summed E-state index contributed by atoms with van der Waals surface area (Å²) in [5.41, 5.74) is -5.30. The van der Waals surface area contributed by atoms with Gasteiger partial charge in [0.15, 0.2) is 23.1 Å². The lowest BCUT2D eigenvalue weighted by atomic mass is 9.48. The molecule has 0 aliphatic heterocycles. The average molecular weight is 572 g/mol. The second-order valence-corrected chi connectivity index (χ2v) is 11.3. The molecule has 12 nitrogen and oxygen atoms in total. The minimum absolute atomic E-state index is 0.0179. The third-order valence-electron chi connectivity index (χ3n) is 9.34. The van der Waals surface area contributed by atoms with Gasteiger partial charge in [-0.15, -0.1) is 0 Å². The molecule has 6 atom stereocenters. The first-order valence-electron chi connectivity index (χ1n) is 12.9. The average Bonchev–Trinajstić information content (AvgIpc) is 2.91. The molecule has 4 bridgehead atoms. The van der Waals surface area contributed by atoms with Crippen LogP contribution in [-0.4, -0.2) is 77.5 Å². The van der Waals surface area contributed by atoms with Crippen molar-refractivity contribution >= 4 is 34.7 Å². The quantitative estimate of drug-likeness (QED) is 0.188. The zero-order valence-corrected chi connectivity index (χ0v) is 21.8. The van der Waals surface area contributed by atoms with Crippen LogP contribution in [0.15, 0.2) is 34.4 Å². The number of aliphatic hydroxyl groups is 2. The molecule has 6 unspecified atom stereocenters. The van der Waals surface area contributed by atoms with Crippen molar-refractivity contribution in [2.45, 2.75) is 26.1 Å². The van der Waals surface area contributed by atoms with E-state index >= 15 is 0 Å². The number of Topliss-reactive ketones (excluding diaryl/α,β-unsaturated/α-hetero) is 6. The van der Waals surface area contributed by atoms with Crippen LogP contribution in [0.3, 0.4) is 0 Å². The predicted molar refractivity (Wildman–Crippen MR) is 136 cm³/mol. The molecule has 2 aromatic carbocycles. The Hall–Kier alpha value is -4.94. The number of allylic oxidation sites excluding steroid dienone is 2. The number of benzene rings is 2. The molecule has 2 aromatic rings. The van der Waals surface area contributed by atoms with Gasteiger partial charge >= 0.3 is 0 Å². The molecule has 1 saturated carbocycles. The molecule has 12 heteroatoms. The lowest BCUT2D eigenvalue weighted by molar-refractivity contribution is -0.156. The summed E-state index contributed by atoms with van der Waals surface area (Å²) in [5, 5.41) is 65.4. The molecule has 0 radical (unpaired) electrons. The van der Waals surface area contributed by atoms with Gasteiger partial charge in [0.2, 0.25) is 11.6 Å². The maximum absolute atomic E-state index is 14.0. The van der Waals surface area contributed by atoms with Crippen LogP contribution in [0.2, 0.25) is 0 Å². The Morgan fingerprint density at radius 1 is 0.500 bits per heavy atom. The lowest BCUT2D eigenvalue weighted by Crippen LogP contribution is -2.65. The van der Waals surface area contributed by atoms with Crippen molar-refractivity contribution in [3.63, 3.8) is 0 Å². The summed E-state index contributed by atoms with van der Waals surface area (Å²) in [5.74, 6) is -16.6. The molecule has 1 fully saturated rings.